The number of anilines is 1. The number of benzene rings is 1. The van der Waals surface area contributed by atoms with Gasteiger partial charge in [-0.3, -0.25) is 14.4 Å². The molecular formula is C23H31N3O5S. The Morgan fingerprint density at radius 3 is 2.56 bits per heavy atom. The molecule has 174 valence electrons. The van der Waals surface area contributed by atoms with E-state index in [2.05, 4.69) is 17.6 Å². The Hall–Kier alpha value is -2.26. The lowest BCUT2D eigenvalue weighted by atomic mass is 9.66. The molecule has 7 atom stereocenters. The number of amides is 3. The van der Waals surface area contributed by atoms with Crippen molar-refractivity contribution in [2.75, 3.05) is 26.1 Å². The molecule has 3 heterocycles. The number of hydrogen-bond donors (Lipinski definition) is 3. The molecule has 0 saturated carbocycles. The van der Waals surface area contributed by atoms with E-state index >= 15 is 0 Å². The topological polar surface area (TPSA) is 108 Å². The quantitative estimate of drug-likeness (QED) is 0.568. The predicted octanol–water partition coefficient (Wildman–Crippen LogP) is 1.49. The van der Waals surface area contributed by atoms with Crippen LogP contribution in [-0.2, 0) is 14.4 Å². The van der Waals surface area contributed by atoms with Gasteiger partial charge < -0.3 is 25.4 Å². The molecule has 8 nitrogen and oxygen atoms in total. The van der Waals surface area contributed by atoms with Crippen LogP contribution >= 0.6 is 11.8 Å². The van der Waals surface area contributed by atoms with Crippen LogP contribution in [0.4, 0.5) is 5.69 Å². The van der Waals surface area contributed by atoms with Gasteiger partial charge >= 0.3 is 0 Å². The van der Waals surface area contributed by atoms with Crippen LogP contribution in [-0.4, -0.2) is 70.6 Å². The molecule has 2 bridgehead atoms. The van der Waals surface area contributed by atoms with Crippen molar-refractivity contribution < 1.29 is 24.2 Å². The third-order valence-electron chi connectivity index (χ3n) is 7.41. The lowest BCUT2D eigenvalue weighted by Crippen LogP contribution is -2.57. The molecule has 3 unspecified atom stereocenters. The number of nitrogens with zero attached hydrogens (tertiary/aromatic N) is 1. The van der Waals surface area contributed by atoms with E-state index in [9.17, 15) is 19.5 Å². The molecular weight excluding hydrogens is 430 g/mol. The zero-order chi connectivity index (χ0) is 23.2. The highest BCUT2D eigenvalue weighted by molar-refractivity contribution is 8.02. The normalized spacial score (nSPS) is 33.7. The van der Waals surface area contributed by atoms with Gasteiger partial charge in [0.1, 0.15) is 11.8 Å². The fraction of sp³-hybridized carbons (Fsp3) is 0.609. The Morgan fingerprint density at radius 2 is 2.00 bits per heavy atom. The largest absolute Gasteiger partial charge is 0.497 e. The monoisotopic (exact) mass is 461 g/mol. The van der Waals surface area contributed by atoms with Gasteiger partial charge in [-0.05, 0) is 43.0 Å². The summed E-state index contributed by atoms with van der Waals surface area (Å²) in [6.45, 7) is 3.73. The van der Waals surface area contributed by atoms with Gasteiger partial charge in [-0.2, -0.15) is 0 Å². The number of likely N-dealkylation sites (tertiary alicyclic amines) is 1. The fourth-order valence-electron chi connectivity index (χ4n) is 5.92. The second-order valence-corrected chi connectivity index (χ2v) is 10.4. The zero-order valence-corrected chi connectivity index (χ0v) is 19.6. The minimum absolute atomic E-state index is 0.00606. The van der Waals surface area contributed by atoms with E-state index in [0.717, 1.165) is 6.42 Å². The average Bonchev–Trinajstić information content (AvgIpc) is 3.39. The first-order valence-electron chi connectivity index (χ1n) is 11.1. The minimum atomic E-state index is -0.765. The third kappa shape index (κ3) is 3.20. The first-order chi connectivity index (χ1) is 15.3. The highest BCUT2D eigenvalue weighted by atomic mass is 32.2. The lowest BCUT2D eigenvalue weighted by molar-refractivity contribution is -0.142. The van der Waals surface area contributed by atoms with Crippen LogP contribution in [0.25, 0.3) is 0 Å². The van der Waals surface area contributed by atoms with Crippen molar-refractivity contribution >= 4 is 35.2 Å². The maximum atomic E-state index is 13.8. The average molecular weight is 462 g/mol. The minimum Gasteiger partial charge on any atom is -0.497 e. The van der Waals surface area contributed by atoms with Crippen molar-refractivity contribution in [3.63, 3.8) is 0 Å². The van der Waals surface area contributed by atoms with Gasteiger partial charge in [0.2, 0.25) is 17.7 Å². The number of aliphatic hydroxyl groups excluding tert-OH is 1. The number of fused-ring (bicyclic) bond motifs is 1. The Labute approximate surface area is 192 Å². The standard InChI is InChI=1S/C23H31N3O5S/c1-5-14(11-27)26-19(21(29)25-13-6-8-15(31-4)9-7-13)23-12(2)10-16(32-23)17(20(28)24-3)18(23)22(26)30/h6-9,12,14,16-19,27H,5,10-11H2,1-4H3,(H,24,28)(H,25,29)/t12?,14-,16-,17+,18-,19?,23?/m0/s1. The van der Waals surface area contributed by atoms with Crippen LogP contribution in [0.2, 0.25) is 0 Å². The molecule has 3 saturated heterocycles. The van der Waals surface area contributed by atoms with Crippen LogP contribution in [0.3, 0.4) is 0 Å². The summed E-state index contributed by atoms with van der Waals surface area (Å²) in [5, 5.41) is 15.7. The Bertz CT molecular complexity index is 905. The van der Waals surface area contributed by atoms with Gasteiger partial charge in [-0.25, -0.2) is 0 Å². The Morgan fingerprint density at radius 1 is 1.31 bits per heavy atom. The molecule has 0 aliphatic carbocycles. The molecule has 3 aliphatic heterocycles. The van der Waals surface area contributed by atoms with Gasteiger partial charge in [0.25, 0.3) is 0 Å². The van der Waals surface area contributed by atoms with Crippen molar-refractivity contribution in [1.29, 1.82) is 0 Å². The molecule has 3 fully saturated rings. The van der Waals surface area contributed by atoms with Crippen LogP contribution in [0.1, 0.15) is 26.7 Å². The maximum Gasteiger partial charge on any atom is 0.248 e. The first kappa shape index (κ1) is 22.9. The van der Waals surface area contributed by atoms with E-state index in [1.54, 1.807) is 55.1 Å². The summed E-state index contributed by atoms with van der Waals surface area (Å²) < 4.78 is 4.49. The summed E-state index contributed by atoms with van der Waals surface area (Å²) in [6.07, 6.45) is 1.30. The number of carbonyl (C=O) groups excluding carboxylic acids is 3. The summed E-state index contributed by atoms with van der Waals surface area (Å²) in [7, 11) is 3.16. The summed E-state index contributed by atoms with van der Waals surface area (Å²) >= 11 is 1.62. The maximum absolute atomic E-state index is 13.8. The van der Waals surface area contributed by atoms with E-state index in [1.807, 2.05) is 6.92 Å². The molecule has 3 N–H and O–H groups in total. The van der Waals surface area contributed by atoms with E-state index in [1.165, 1.54) is 0 Å². The molecule has 3 aliphatic rings. The van der Waals surface area contributed by atoms with Gasteiger partial charge in [0.15, 0.2) is 0 Å². The van der Waals surface area contributed by atoms with Crippen LogP contribution in [0, 0.1) is 17.8 Å². The Kier molecular flexibility index (Phi) is 6.15. The zero-order valence-electron chi connectivity index (χ0n) is 18.8. The highest BCUT2D eigenvalue weighted by Gasteiger charge is 2.76. The highest BCUT2D eigenvalue weighted by Crippen LogP contribution is 2.68. The van der Waals surface area contributed by atoms with Crippen molar-refractivity contribution in [3.05, 3.63) is 24.3 Å². The molecule has 32 heavy (non-hydrogen) atoms. The number of nitrogens with one attached hydrogen (secondary N) is 2. The van der Waals surface area contributed by atoms with E-state index in [-0.39, 0.29) is 35.5 Å². The molecule has 4 rings (SSSR count). The summed E-state index contributed by atoms with van der Waals surface area (Å²) in [4.78, 5) is 41.9. The third-order valence-corrected chi connectivity index (χ3v) is 9.49. The molecule has 3 amide bonds. The van der Waals surface area contributed by atoms with Gasteiger partial charge in [-0.15, -0.1) is 11.8 Å². The molecule has 1 spiro atoms. The van der Waals surface area contributed by atoms with Crippen LogP contribution in [0.5, 0.6) is 5.75 Å². The molecule has 0 aromatic heterocycles. The predicted molar refractivity (Wildman–Crippen MR) is 122 cm³/mol. The van der Waals surface area contributed by atoms with Crippen molar-refractivity contribution in [1.82, 2.24) is 10.2 Å². The van der Waals surface area contributed by atoms with Gasteiger partial charge in [0.05, 0.1) is 36.3 Å². The second-order valence-electron chi connectivity index (χ2n) is 8.87. The summed E-state index contributed by atoms with van der Waals surface area (Å²) in [5.41, 5.74) is 0.605. The van der Waals surface area contributed by atoms with Crippen molar-refractivity contribution in [3.8, 4) is 5.75 Å². The number of aliphatic hydroxyl groups is 1. The van der Waals surface area contributed by atoms with Crippen molar-refractivity contribution in [2.24, 2.45) is 17.8 Å². The van der Waals surface area contributed by atoms with Gasteiger partial charge in [0, 0.05) is 18.0 Å². The number of carbonyl (C=O) groups is 3. The Balaban J connectivity index is 1.75. The molecule has 9 heteroatoms. The molecule has 1 aromatic carbocycles. The smallest absolute Gasteiger partial charge is 0.248 e. The molecule has 1 aromatic rings. The first-order valence-corrected chi connectivity index (χ1v) is 12.0. The lowest BCUT2D eigenvalue weighted by Gasteiger charge is -2.39. The fourth-order valence-corrected chi connectivity index (χ4v) is 8.33. The summed E-state index contributed by atoms with van der Waals surface area (Å²) in [5.74, 6) is -0.910. The van der Waals surface area contributed by atoms with Crippen LogP contribution < -0.4 is 15.4 Å². The number of hydrogen-bond acceptors (Lipinski definition) is 6. The van der Waals surface area contributed by atoms with Crippen molar-refractivity contribution in [2.45, 2.75) is 48.8 Å². The van der Waals surface area contributed by atoms with Crippen LogP contribution in [0.15, 0.2) is 24.3 Å². The summed E-state index contributed by atoms with van der Waals surface area (Å²) in [6, 6.07) is 5.79. The van der Waals surface area contributed by atoms with E-state index in [0.29, 0.717) is 17.9 Å². The number of methoxy groups -OCH3 is 1. The molecule has 0 radical (unpaired) electrons. The number of thioether (sulfide) groups is 1. The second kappa shape index (κ2) is 8.59. The SMILES string of the molecule is CC[C@@H](CO)N1C(=O)[C@@H]2[C@H](C(=O)NC)[C@@H]3CC(C)C2(S3)C1C(=O)Nc1ccc(OC)cc1. The number of ether oxygens (including phenoxy) is 1. The van der Waals surface area contributed by atoms with Gasteiger partial charge in [-0.1, -0.05) is 13.8 Å². The number of rotatable bonds is 7. The van der Waals surface area contributed by atoms with E-state index < -0.39 is 28.7 Å². The van der Waals surface area contributed by atoms with E-state index in [4.69, 9.17) is 4.74 Å².